The molecule has 1 aliphatic rings. The fourth-order valence-electron chi connectivity index (χ4n) is 3.13. The molecule has 0 aliphatic carbocycles. The normalized spacial score (nSPS) is 19.8. The summed E-state index contributed by atoms with van der Waals surface area (Å²) in [7, 11) is 1.76. The molecule has 2 atom stereocenters. The fourth-order valence-corrected chi connectivity index (χ4v) is 3.13. The Bertz CT molecular complexity index is 746. The van der Waals surface area contributed by atoms with Crippen LogP contribution < -0.4 is 4.74 Å². The van der Waals surface area contributed by atoms with Crippen LogP contribution in [0.3, 0.4) is 0 Å². The van der Waals surface area contributed by atoms with Crippen molar-refractivity contribution >= 4 is 11.9 Å². The molecule has 0 bridgehead atoms. The van der Waals surface area contributed by atoms with Crippen LogP contribution in [-0.2, 0) is 16.6 Å². The van der Waals surface area contributed by atoms with Gasteiger partial charge in [0.15, 0.2) is 6.61 Å². The summed E-state index contributed by atoms with van der Waals surface area (Å²) >= 11 is 0. The minimum absolute atomic E-state index is 0.00936. The molecule has 2 aromatic rings. The van der Waals surface area contributed by atoms with Crippen LogP contribution in [0.25, 0.3) is 0 Å². The molecule has 0 radical (unpaired) electrons. The molecule has 8 nitrogen and oxygen atoms in total. The number of aromatic nitrogens is 3. The zero-order valence-electron chi connectivity index (χ0n) is 13.9. The van der Waals surface area contributed by atoms with E-state index in [0.717, 1.165) is 0 Å². The van der Waals surface area contributed by atoms with Crippen LogP contribution in [0.2, 0.25) is 0 Å². The smallest absolute Gasteiger partial charge is 0.303 e. The average Bonchev–Trinajstić information content (AvgIpc) is 3.19. The van der Waals surface area contributed by atoms with Gasteiger partial charge >= 0.3 is 5.97 Å². The molecule has 0 unspecified atom stereocenters. The van der Waals surface area contributed by atoms with Crippen LogP contribution in [0.4, 0.5) is 0 Å². The highest BCUT2D eigenvalue weighted by atomic mass is 16.5. The van der Waals surface area contributed by atoms with E-state index in [1.165, 1.54) is 0 Å². The Balaban J connectivity index is 1.66. The van der Waals surface area contributed by atoms with E-state index in [0.29, 0.717) is 24.5 Å². The van der Waals surface area contributed by atoms with Gasteiger partial charge in [-0.3, -0.25) is 14.3 Å². The first-order chi connectivity index (χ1) is 12.0. The number of benzene rings is 1. The van der Waals surface area contributed by atoms with Crippen LogP contribution in [0.15, 0.2) is 36.5 Å². The second-order valence-corrected chi connectivity index (χ2v) is 6.18. The van der Waals surface area contributed by atoms with Gasteiger partial charge in [0, 0.05) is 32.3 Å². The number of amides is 1. The molecule has 0 saturated carbocycles. The molecule has 1 amide bonds. The number of aliphatic carboxylic acids is 1. The second-order valence-electron chi connectivity index (χ2n) is 6.18. The molecule has 1 aromatic carbocycles. The standard InChI is InChI=1S/C17H20N4O4/c1-20-10-15(18-19-20)14-9-21(8-12(14)7-17(23)24)16(22)11-25-13-5-3-2-4-6-13/h2-6,10,12,14H,7-9,11H2,1H3,(H,23,24)/t12-,14+/m0/s1. The van der Waals surface area contributed by atoms with E-state index >= 15 is 0 Å². The molecule has 1 fully saturated rings. The van der Waals surface area contributed by atoms with Gasteiger partial charge in [-0.05, 0) is 18.1 Å². The van der Waals surface area contributed by atoms with E-state index in [4.69, 9.17) is 9.84 Å². The van der Waals surface area contributed by atoms with Crippen molar-refractivity contribution in [3.63, 3.8) is 0 Å². The molecule has 8 heteroatoms. The maximum Gasteiger partial charge on any atom is 0.303 e. The first-order valence-electron chi connectivity index (χ1n) is 8.06. The predicted octanol–water partition coefficient (Wildman–Crippen LogP) is 0.911. The lowest BCUT2D eigenvalue weighted by Gasteiger charge is -2.16. The lowest BCUT2D eigenvalue weighted by molar-refractivity contribution is -0.138. The van der Waals surface area contributed by atoms with Gasteiger partial charge in [0.05, 0.1) is 12.1 Å². The molecule has 3 rings (SSSR count). The van der Waals surface area contributed by atoms with E-state index in [2.05, 4.69) is 10.3 Å². The summed E-state index contributed by atoms with van der Waals surface area (Å²) in [4.78, 5) is 25.2. The lowest BCUT2D eigenvalue weighted by Crippen LogP contribution is -2.33. The summed E-state index contributed by atoms with van der Waals surface area (Å²) < 4.78 is 7.08. The number of hydrogen-bond acceptors (Lipinski definition) is 5. The number of carbonyl (C=O) groups is 2. The third kappa shape index (κ3) is 4.14. The zero-order chi connectivity index (χ0) is 17.8. The van der Waals surface area contributed by atoms with Gasteiger partial charge in [-0.15, -0.1) is 5.10 Å². The minimum atomic E-state index is -0.881. The Hall–Kier alpha value is -2.90. The van der Waals surface area contributed by atoms with Gasteiger partial charge in [0.2, 0.25) is 0 Å². The quantitative estimate of drug-likeness (QED) is 0.836. The maximum absolute atomic E-state index is 12.4. The van der Waals surface area contributed by atoms with Crippen LogP contribution in [0, 0.1) is 5.92 Å². The van der Waals surface area contributed by atoms with Crippen molar-refractivity contribution in [3.05, 3.63) is 42.2 Å². The maximum atomic E-state index is 12.4. The summed E-state index contributed by atoms with van der Waals surface area (Å²) in [6, 6.07) is 9.11. The number of nitrogens with zero attached hydrogens (tertiary/aromatic N) is 4. The third-order valence-electron chi connectivity index (χ3n) is 4.34. The first kappa shape index (κ1) is 16.9. The molecule has 25 heavy (non-hydrogen) atoms. The van der Waals surface area contributed by atoms with Gasteiger partial charge in [-0.2, -0.15) is 0 Å². The molecular formula is C17H20N4O4. The number of rotatable bonds is 6. The predicted molar refractivity (Wildman–Crippen MR) is 88.0 cm³/mol. The molecule has 2 heterocycles. The van der Waals surface area contributed by atoms with Gasteiger partial charge < -0.3 is 14.7 Å². The van der Waals surface area contributed by atoms with E-state index < -0.39 is 5.97 Å². The van der Waals surface area contributed by atoms with E-state index in [1.807, 2.05) is 18.2 Å². The van der Waals surface area contributed by atoms with E-state index in [-0.39, 0.29) is 30.8 Å². The number of carbonyl (C=O) groups excluding carboxylic acids is 1. The van der Waals surface area contributed by atoms with Crippen molar-refractivity contribution in [3.8, 4) is 5.75 Å². The number of para-hydroxylation sites is 1. The largest absolute Gasteiger partial charge is 0.484 e. The summed E-state index contributed by atoms with van der Waals surface area (Å²) in [5.41, 5.74) is 0.716. The number of ether oxygens (including phenoxy) is 1. The highest BCUT2D eigenvalue weighted by molar-refractivity contribution is 5.78. The summed E-state index contributed by atoms with van der Waals surface area (Å²) in [5, 5.41) is 17.2. The monoisotopic (exact) mass is 344 g/mol. The van der Waals surface area contributed by atoms with E-state index in [9.17, 15) is 9.59 Å². The number of aryl methyl sites for hydroxylation is 1. The highest BCUT2D eigenvalue weighted by Gasteiger charge is 2.38. The van der Waals surface area contributed by atoms with Crippen molar-refractivity contribution in [1.29, 1.82) is 0 Å². The Labute approximate surface area is 145 Å². The number of hydrogen-bond donors (Lipinski definition) is 1. The van der Waals surface area contributed by atoms with E-state index in [1.54, 1.807) is 35.0 Å². The Kier molecular flexibility index (Phi) is 4.97. The Morgan fingerprint density at radius 2 is 2.04 bits per heavy atom. The van der Waals surface area contributed by atoms with Gasteiger partial charge in [-0.25, -0.2) is 0 Å². The number of carboxylic acid groups (broad SMARTS) is 1. The van der Waals surface area contributed by atoms with Crippen molar-refractivity contribution < 1.29 is 19.4 Å². The van der Waals surface area contributed by atoms with Gasteiger partial charge in [-0.1, -0.05) is 23.4 Å². The van der Waals surface area contributed by atoms with Gasteiger partial charge in [0.1, 0.15) is 5.75 Å². The van der Waals surface area contributed by atoms with Crippen molar-refractivity contribution in [2.75, 3.05) is 19.7 Å². The average molecular weight is 344 g/mol. The summed E-state index contributed by atoms with van der Waals surface area (Å²) in [6.07, 6.45) is 1.76. The van der Waals surface area contributed by atoms with Crippen LogP contribution in [0.5, 0.6) is 5.75 Å². The minimum Gasteiger partial charge on any atom is -0.484 e. The fraction of sp³-hybridized carbons (Fsp3) is 0.412. The molecule has 1 aromatic heterocycles. The highest BCUT2D eigenvalue weighted by Crippen LogP contribution is 2.33. The Morgan fingerprint density at radius 1 is 1.28 bits per heavy atom. The van der Waals surface area contributed by atoms with Crippen molar-refractivity contribution in [2.45, 2.75) is 12.3 Å². The number of likely N-dealkylation sites (tertiary alicyclic amines) is 1. The van der Waals surface area contributed by atoms with Crippen LogP contribution in [-0.4, -0.2) is 56.6 Å². The summed E-state index contributed by atoms with van der Waals surface area (Å²) in [6.45, 7) is 0.731. The topological polar surface area (TPSA) is 97.5 Å². The van der Waals surface area contributed by atoms with Crippen molar-refractivity contribution in [1.82, 2.24) is 19.9 Å². The second kappa shape index (κ2) is 7.33. The molecule has 1 saturated heterocycles. The third-order valence-corrected chi connectivity index (χ3v) is 4.34. The molecule has 1 aliphatic heterocycles. The van der Waals surface area contributed by atoms with Crippen LogP contribution in [0.1, 0.15) is 18.0 Å². The molecule has 1 N–H and O–H groups in total. The van der Waals surface area contributed by atoms with Gasteiger partial charge in [0.25, 0.3) is 5.91 Å². The summed E-state index contributed by atoms with van der Waals surface area (Å²) in [5.74, 6) is -0.734. The molecule has 0 spiro atoms. The molecular weight excluding hydrogens is 324 g/mol. The SMILES string of the molecule is Cn1cc([C@@H]2CN(C(=O)COc3ccccc3)C[C@@H]2CC(=O)O)nn1. The van der Waals surface area contributed by atoms with Crippen LogP contribution >= 0.6 is 0 Å². The zero-order valence-corrected chi connectivity index (χ0v) is 13.9. The Morgan fingerprint density at radius 3 is 2.68 bits per heavy atom. The number of carboxylic acids is 1. The van der Waals surface area contributed by atoms with Crippen molar-refractivity contribution in [2.24, 2.45) is 13.0 Å². The lowest BCUT2D eigenvalue weighted by atomic mass is 9.91. The first-order valence-corrected chi connectivity index (χ1v) is 8.06. The molecule has 132 valence electrons.